The number of nitrogens with one attached hydrogen (secondary N) is 1. The van der Waals surface area contributed by atoms with Crippen LogP contribution in [0.1, 0.15) is 57.4 Å². The zero-order chi connectivity index (χ0) is 24.4. The Balaban J connectivity index is 1.28. The van der Waals surface area contributed by atoms with Gasteiger partial charge in [-0.3, -0.25) is 0 Å². The Morgan fingerprint density at radius 3 is 2.71 bits per heavy atom. The van der Waals surface area contributed by atoms with E-state index in [1.54, 1.807) is 6.33 Å². The lowest BCUT2D eigenvalue weighted by Gasteiger charge is -2.65. The number of likely N-dealkylation sites (N-methyl/N-ethyl adjacent to an activating group) is 1. The first-order chi connectivity index (χ1) is 16.6. The van der Waals surface area contributed by atoms with E-state index in [0.29, 0.717) is 19.3 Å². The fourth-order valence-electron chi connectivity index (χ4n) is 9.16. The van der Waals surface area contributed by atoms with Crippen molar-refractivity contribution in [3.8, 4) is 0 Å². The van der Waals surface area contributed by atoms with Crippen molar-refractivity contribution in [1.29, 1.82) is 0 Å². The number of ether oxygens (including phenoxy) is 1. The molecule has 4 fully saturated rings. The van der Waals surface area contributed by atoms with Gasteiger partial charge in [0.2, 0.25) is 0 Å². The number of aliphatic hydroxyl groups excluding tert-OH is 2. The third-order valence-electron chi connectivity index (χ3n) is 11.0. The number of H-pyrrole nitrogens is 1. The molecule has 188 valence electrons. The minimum Gasteiger partial charge on any atom is -0.390 e. The maximum Gasteiger partial charge on any atom is 0.102 e. The number of rotatable bonds is 2. The molecule has 2 spiro atoms. The van der Waals surface area contributed by atoms with Crippen molar-refractivity contribution in [2.45, 2.75) is 86.9 Å². The topological polar surface area (TPSA) is 102 Å². The van der Waals surface area contributed by atoms with E-state index >= 15 is 0 Å². The third kappa shape index (κ3) is 2.66. The normalized spacial score (nSPS) is 48.5. The van der Waals surface area contributed by atoms with E-state index in [2.05, 4.69) is 41.2 Å². The SMILES string of the molecule is CN(C)C1CC23CCC4(O2)C2CC=C(c5ccc6nc[nH]c6c5)C2(C)CCC4(O)CC3C(O)C1O. The van der Waals surface area contributed by atoms with E-state index in [4.69, 9.17) is 4.74 Å². The Labute approximate surface area is 206 Å². The summed E-state index contributed by atoms with van der Waals surface area (Å²) in [6.45, 7) is 2.37. The molecule has 7 rings (SSSR count). The number of allylic oxidation sites excluding steroid dienone is 2. The summed E-state index contributed by atoms with van der Waals surface area (Å²) in [4.78, 5) is 9.63. The molecule has 2 saturated carbocycles. The lowest BCUT2D eigenvalue weighted by Crippen LogP contribution is -2.73. The predicted molar refractivity (Wildman–Crippen MR) is 132 cm³/mol. The highest BCUT2D eigenvalue weighted by Gasteiger charge is 2.76. The Kier molecular flexibility index (Phi) is 4.46. The van der Waals surface area contributed by atoms with Gasteiger partial charge in [0.15, 0.2) is 0 Å². The Morgan fingerprint density at radius 1 is 1.09 bits per heavy atom. The molecule has 2 saturated heterocycles. The number of hydrogen-bond acceptors (Lipinski definition) is 6. The molecule has 2 aliphatic heterocycles. The van der Waals surface area contributed by atoms with Crippen LogP contribution < -0.4 is 0 Å². The van der Waals surface area contributed by atoms with Crippen molar-refractivity contribution in [2.24, 2.45) is 17.3 Å². The molecule has 3 heterocycles. The zero-order valence-corrected chi connectivity index (χ0v) is 20.9. The third-order valence-corrected chi connectivity index (χ3v) is 11.0. The summed E-state index contributed by atoms with van der Waals surface area (Å²) in [5.74, 6) is -0.0568. The summed E-state index contributed by atoms with van der Waals surface area (Å²) in [5.41, 5.74) is 2.41. The maximum atomic E-state index is 12.3. The number of fused-ring (bicyclic) bond motifs is 2. The number of benzene rings is 1. The van der Waals surface area contributed by atoms with Gasteiger partial charge in [-0.15, -0.1) is 0 Å². The monoisotopic (exact) mass is 479 g/mol. The number of nitrogens with zero attached hydrogens (tertiary/aromatic N) is 2. The average molecular weight is 480 g/mol. The molecule has 0 radical (unpaired) electrons. The standard InChI is InChI=1S/C28H37N3O4/c1-25-8-10-27(34)13-18-23(32)24(33)21(31(2)3)14-26(18)9-11-28(27,35-26)22(25)7-5-17(25)16-4-6-19-20(12-16)30-15-29-19/h4-6,12,15,18,21-24,32-34H,7-11,13-14H2,1-3H3,(H,29,30). The molecule has 0 amide bonds. The van der Waals surface area contributed by atoms with Crippen LogP contribution in [0.3, 0.4) is 0 Å². The summed E-state index contributed by atoms with van der Waals surface area (Å²) in [5, 5.41) is 34.4. The van der Waals surface area contributed by atoms with Crippen molar-refractivity contribution in [3.63, 3.8) is 0 Å². The molecule has 7 nitrogen and oxygen atoms in total. The van der Waals surface area contributed by atoms with E-state index < -0.39 is 29.0 Å². The first-order valence-electron chi connectivity index (χ1n) is 13.2. The molecular formula is C28H37N3O4. The van der Waals surface area contributed by atoms with Crippen LogP contribution in [0.25, 0.3) is 16.6 Å². The first kappa shape index (κ1) is 22.4. The van der Waals surface area contributed by atoms with Crippen LogP contribution in [0.2, 0.25) is 0 Å². The van der Waals surface area contributed by atoms with Crippen molar-refractivity contribution >= 4 is 16.6 Å². The largest absolute Gasteiger partial charge is 0.390 e. The van der Waals surface area contributed by atoms with Gasteiger partial charge in [-0.2, -0.15) is 0 Å². The second-order valence-electron chi connectivity index (χ2n) is 12.6. The van der Waals surface area contributed by atoms with Crippen molar-refractivity contribution in [1.82, 2.24) is 14.9 Å². The summed E-state index contributed by atoms with van der Waals surface area (Å²) in [6, 6.07) is 6.30. The fourth-order valence-corrected chi connectivity index (χ4v) is 9.16. The minimum absolute atomic E-state index is 0.0912. The summed E-state index contributed by atoms with van der Waals surface area (Å²) >= 11 is 0. The van der Waals surface area contributed by atoms with Gasteiger partial charge in [0.25, 0.3) is 0 Å². The van der Waals surface area contributed by atoms with Crippen LogP contribution in [-0.2, 0) is 4.74 Å². The van der Waals surface area contributed by atoms with E-state index in [9.17, 15) is 15.3 Å². The fraction of sp³-hybridized carbons (Fsp3) is 0.679. The molecule has 1 aromatic heterocycles. The zero-order valence-electron chi connectivity index (χ0n) is 20.9. The second-order valence-corrected chi connectivity index (χ2v) is 12.6. The van der Waals surface area contributed by atoms with E-state index in [-0.39, 0.29) is 23.3 Å². The lowest BCUT2D eigenvalue weighted by molar-refractivity contribution is -0.331. The molecule has 1 aromatic carbocycles. The van der Waals surface area contributed by atoms with E-state index in [0.717, 1.165) is 36.7 Å². The smallest absolute Gasteiger partial charge is 0.102 e. The summed E-state index contributed by atoms with van der Waals surface area (Å²) < 4.78 is 7.21. The van der Waals surface area contributed by atoms with Crippen LogP contribution in [-0.4, -0.2) is 79.3 Å². The molecule has 4 N–H and O–H groups in total. The highest BCUT2D eigenvalue weighted by atomic mass is 16.6. The highest BCUT2D eigenvalue weighted by Crippen LogP contribution is 2.71. The lowest BCUT2D eigenvalue weighted by atomic mass is 9.51. The quantitative estimate of drug-likeness (QED) is 0.528. The molecular weight excluding hydrogens is 442 g/mol. The number of aliphatic hydroxyl groups is 3. The molecule has 9 unspecified atom stereocenters. The van der Waals surface area contributed by atoms with Gasteiger partial charge in [-0.1, -0.05) is 19.1 Å². The predicted octanol–water partition coefficient (Wildman–Crippen LogP) is 2.86. The first-order valence-corrected chi connectivity index (χ1v) is 13.2. The van der Waals surface area contributed by atoms with Crippen molar-refractivity contribution < 1.29 is 20.1 Å². The van der Waals surface area contributed by atoms with Gasteiger partial charge in [-0.05, 0) is 87.7 Å². The van der Waals surface area contributed by atoms with E-state index in [1.807, 2.05) is 19.0 Å². The molecule has 7 heteroatoms. The van der Waals surface area contributed by atoms with Crippen LogP contribution in [0.15, 0.2) is 30.6 Å². The molecule has 5 aliphatic rings. The van der Waals surface area contributed by atoms with Gasteiger partial charge in [0, 0.05) is 17.9 Å². The maximum absolute atomic E-state index is 12.3. The summed E-state index contributed by atoms with van der Waals surface area (Å²) in [6.07, 6.45) is 7.66. The van der Waals surface area contributed by atoms with Gasteiger partial charge in [0.1, 0.15) is 5.60 Å². The molecule has 2 bridgehead atoms. The molecule has 3 aliphatic carbocycles. The Morgan fingerprint density at radius 2 is 1.91 bits per heavy atom. The van der Waals surface area contributed by atoms with Crippen molar-refractivity contribution in [2.75, 3.05) is 14.1 Å². The highest BCUT2D eigenvalue weighted by molar-refractivity contribution is 5.83. The molecule has 35 heavy (non-hydrogen) atoms. The van der Waals surface area contributed by atoms with Crippen LogP contribution >= 0.6 is 0 Å². The van der Waals surface area contributed by atoms with Gasteiger partial charge < -0.3 is 29.9 Å². The molecule has 9 atom stereocenters. The number of aromatic nitrogens is 2. The van der Waals surface area contributed by atoms with Crippen LogP contribution in [0.4, 0.5) is 0 Å². The van der Waals surface area contributed by atoms with Gasteiger partial charge >= 0.3 is 0 Å². The number of aromatic amines is 1. The van der Waals surface area contributed by atoms with Gasteiger partial charge in [-0.25, -0.2) is 4.98 Å². The van der Waals surface area contributed by atoms with Crippen molar-refractivity contribution in [3.05, 3.63) is 36.2 Å². The average Bonchev–Trinajstić information content (AvgIpc) is 3.52. The van der Waals surface area contributed by atoms with Crippen LogP contribution in [0.5, 0.6) is 0 Å². The Bertz CT molecular complexity index is 1230. The second kappa shape index (κ2) is 6.95. The Hall–Kier alpha value is -1.77. The number of imidazole rings is 1. The minimum atomic E-state index is -0.982. The molecule has 2 aromatic rings. The summed E-state index contributed by atoms with van der Waals surface area (Å²) in [7, 11) is 3.92. The number of hydrogen-bond donors (Lipinski definition) is 4. The van der Waals surface area contributed by atoms with Gasteiger partial charge in [0.05, 0.1) is 40.8 Å². The van der Waals surface area contributed by atoms with E-state index in [1.165, 1.54) is 11.1 Å². The van der Waals surface area contributed by atoms with Crippen LogP contribution in [0, 0.1) is 17.3 Å².